The number of aromatic hydroxyl groups is 2. The Hall–Kier alpha value is -3.59. The molecule has 13 nitrogen and oxygen atoms in total. The van der Waals surface area contributed by atoms with E-state index in [9.17, 15) is 34.8 Å². The van der Waals surface area contributed by atoms with Crippen molar-refractivity contribution in [2.24, 2.45) is 4.99 Å². The molecule has 4 unspecified atom stereocenters. The summed E-state index contributed by atoms with van der Waals surface area (Å²) in [5, 5.41) is 45.8. The number of aliphatic imine (C=N–C) groups is 1. The molecule has 14 heteroatoms. The normalized spacial score (nSPS) is 29.0. The van der Waals surface area contributed by atoms with E-state index in [1.54, 1.807) is 6.92 Å². The summed E-state index contributed by atoms with van der Waals surface area (Å²) in [4.78, 5) is 49.6. The highest BCUT2D eigenvalue weighted by atomic mass is 35.5. The first-order valence-electron chi connectivity index (χ1n) is 15.8. The third kappa shape index (κ3) is 5.97. The smallest absolute Gasteiger partial charge is 0.202 e. The van der Waals surface area contributed by atoms with Crippen molar-refractivity contribution >= 4 is 35.6 Å². The maximum absolute atomic E-state index is 13.9. The highest BCUT2D eigenvalue weighted by molar-refractivity contribution is 6.31. The number of phenols is 2. The van der Waals surface area contributed by atoms with Crippen LogP contribution in [0.2, 0.25) is 0 Å². The molecule has 0 aromatic heterocycles. The molecule has 2 aromatic carbocycles. The molecule has 2 fully saturated rings. The van der Waals surface area contributed by atoms with Gasteiger partial charge >= 0.3 is 0 Å². The molecule has 0 spiro atoms. The SMILES string of the molecule is COc1cccc2c1C(=O)c1c(O)c3c(c(O)c1C2=O)CC(O)(C(C)=O)C[C@@H]3OC1C[C@H](N=C(C)N2CCN(C)CC2)C(O)C(C)O1.Cl. The van der Waals surface area contributed by atoms with Crippen LogP contribution in [0.15, 0.2) is 23.2 Å². The van der Waals surface area contributed by atoms with E-state index < -0.39 is 82.6 Å². The molecule has 4 N–H and O–H groups in total. The van der Waals surface area contributed by atoms with Gasteiger partial charge in [0.05, 0.1) is 47.9 Å². The van der Waals surface area contributed by atoms with Gasteiger partial charge < -0.3 is 44.4 Å². The summed E-state index contributed by atoms with van der Waals surface area (Å²) in [7, 11) is 3.41. The maximum Gasteiger partial charge on any atom is 0.202 e. The molecule has 6 rings (SSSR count). The zero-order chi connectivity index (χ0) is 33.9. The van der Waals surface area contributed by atoms with Gasteiger partial charge in [0, 0.05) is 62.1 Å². The number of benzene rings is 2. The fraction of sp³-hybridized carbons (Fsp3) is 0.529. The number of hydrogen-bond acceptors (Lipinski definition) is 12. The van der Waals surface area contributed by atoms with Gasteiger partial charge in [-0.15, -0.1) is 12.4 Å². The van der Waals surface area contributed by atoms with Crippen molar-refractivity contribution in [1.82, 2.24) is 9.80 Å². The van der Waals surface area contributed by atoms with E-state index >= 15 is 0 Å². The first-order chi connectivity index (χ1) is 22.2. The number of nitrogens with zero attached hydrogens (tertiary/aromatic N) is 3. The van der Waals surface area contributed by atoms with Gasteiger partial charge in [-0.2, -0.15) is 0 Å². The predicted molar refractivity (Wildman–Crippen MR) is 176 cm³/mol. The van der Waals surface area contributed by atoms with Crippen LogP contribution in [-0.2, 0) is 20.7 Å². The van der Waals surface area contributed by atoms with Crippen LogP contribution in [0.4, 0.5) is 0 Å². The van der Waals surface area contributed by atoms with E-state index in [0.717, 1.165) is 32.0 Å². The Kier molecular flexibility index (Phi) is 9.95. The van der Waals surface area contributed by atoms with Crippen LogP contribution in [-0.4, -0.2) is 124 Å². The molecule has 2 heterocycles. The largest absolute Gasteiger partial charge is 0.507 e. The lowest BCUT2D eigenvalue weighted by molar-refractivity contribution is -0.247. The van der Waals surface area contributed by atoms with Crippen LogP contribution in [0.1, 0.15) is 82.7 Å². The topological polar surface area (TPSA) is 179 Å². The summed E-state index contributed by atoms with van der Waals surface area (Å²) in [6.45, 7) is 8.16. The van der Waals surface area contributed by atoms with Gasteiger partial charge in [0.15, 0.2) is 17.9 Å². The molecule has 0 saturated carbocycles. The fourth-order valence-corrected chi connectivity index (χ4v) is 7.18. The number of likely N-dealkylation sites (N-methyl/N-ethyl adjacent to an activating group) is 1. The molecule has 0 amide bonds. The second-order valence-electron chi connectivity index (χ2n) is 13.0. The third-order valence-corrected chi connectivity index (χ3v) is 10.0. The molecule has 2 aliphatic heterocycles. The van der Waals surface area contributed by atoms with E-state index in [0.29, 0.717) is 0 Å². The summed E-state index contributed by atoms with van der Waals surface area (Å²) in [6, 6.07) is 3.87. The van der Waals surface area contributed by atoms with Gasteiger partial charge in [-0.25, -0.2) is 0 Å². The number of phenolic OH excluding ortho intramolecular Hbond substituents is 2. The number of ether oxygens (including phenoxy) is 3. The number of hydrogen-bond donors (Lipinski definition) is 4. The summed E-state index contributed by atoms with van der Waals surface area (Å²) >= 11 is 0. The average molecular weight is 688 g/mol. The zero-order valence-corrected chi connectivity index (χ0v) is 28.4. The Morgan fingerprint density at radius 3 is 2.35 bits per heavy atom. The molecule has 260 valence electrons. The molecule has 2 saturated heterocycles. The van der Waals surface area contributed by atoms with Crippen LogP contribution in [0.3, 0.4) is 0 Å². The highest BCUT2D eigenvalue weighted by Crippen LogP contribution is 2.52. The minimum atomic E-state index is -2.02. The number of carbonyl (C=O) groups is 3. The van der Waals surface area contributed by atoms with Crippen molar-refractivity contribution in [2.45, 2.75) is 76.3 Å². The summed E-state index contributed by atoms with van der Waals surface area (Å²) in [6.07, 6.45) is -4.53. The molecular weight excluding hydrogens is 646 g/mol. The van der Waals surface area contributed by atoms with Gasteiger partial charge in [0.2, 0.25) is 5.78 Å². The molecule has 0 bridgehead atoms. The number of rotatable bonds is 5. The van der Waals surface area contributed by atoms with Crippen molar-refractivity contribution in [2.75, 3.05) is 40.3 Å². The van der Waals surface area contributed by atoms with E-state index in [2.05, 4.69) is 16.8 Å². The van der Waals surface area contributed by atoms with Crippen molar-refractivity contribution in [3.8, 4) is 17.2 Å². The number of halogens is 1. The van der Waals surface area contributed by atoms with Crippen LogP contribution < -0.4 is 4.74 Å². The lowest BCUT2D eigenvalue weighted by atomic mass is 9.72. The van der Waals surface area contributed by atoms with E-state index in [1.807, 2.05) is 6.92 Å². The molecular formula is C34H42ClN3O10. The second-order valence-corrected chi connectivity index (χ2v) is 13.0. The number of amidine groups is 1. The lowest BCUT2D eigenvalue weighted by Gasteiger charge is -2.42. The molecule has 0 radical (unpaired) electrons. The number of aliphatic hydroxyl groups excluding tert-OH is 1. The van der Waals surface area contributed by atoms with Crippen molar-refractivity contribution in [3.05, 3.63) is 51.6 Å². The highest BCUT2D eigenvalue weighted by Gasteiger charge is 2.49. The summed E-state index contributed by atoms with van der Waals surface area (Å²) < 4.78 is 17.7. The molecule has 48 heavy (non-hydrogen) atoms. The number of ketones is 3. The van der Waals surface area contributed by atoms with Gasteiger partial charge in [-0.05, 0) is 33.9 Å². The quantitative estimate of drug-likeness (QED) is 0.175. The Labute approximate surface area is 284 Å². The summed E-state index contributed by atoms with van der Waals surface area (Å²) in [5.74, 6) is -2.36. The molecule has 2 aromatic rings. The fourth-order valence-electron chi connectivity index (χ4n) is 7.18. The lowest BCUT2D eigenvalue weighted by Crippen LogP contribution is -2.50. The number of carbonyl (C=O) groups excluding carboxylic acids is 3. The Balaban J connectivity index is 0.00000451. The van der Waals surface area contributed by atoms with Gasteiger partial charge in [-0.1, -0.05) is 12.1 Å². The van der Waals surface area contributed by atoms with E-state index in [4.69, 9.17) is 19.2 Å². The minimum Gasteiger partial charge on any atom is -0.507 e. The van der Waals surface area contributed by atoms with Gasteiger partial charge in [0.25, 0.3) is 0 Å². The Bertz CT molecular complexity index is 1670. The van der Waals surface area contributed by atoms with Gasteiger partial charge in [-0.3, -0.25) is 19.4 Å². The second kappa shape index (κ2) is 13.4. The van der Waals surface area contributed by atoms with E-state index in [1.165, 1.54) is 32.2 Å². The molecule has 2 aliphatic carbocycles. The van der Waals surface area contributed by atoms with Gasteiger partial charge in [0.1, 0.15) is 29.0 Å². The minimum absolute atomic E-state index is 0. The predicted octanol–water partition coefficient (Wildman–Crippen LogP) is 2.16. The number of aliphatic hydroxyl groups is 2. The van der Waals surface area contributed by atoms with Crippen LogP contribution in [0, 0.1) is 0 Å². The first kappa shape index (κ1) is 35.7. The number of Topliss-reactive ketones (excluding diaryl/α,β-unsaturated/α-hetero) is 1. The summed E-state index contributed by atoms with van der Waals surface area (Å²) in [5.41, 5.74) is -3.01. The van der Waals surface area contributed by atoms with Crippen LogP contribution in [0.25, 0.3) is 0 Å². The first-order valence-corrected chi connectivity index (χ1v) is 15.8. The van der Waals surface area contributed by atoms with Crippen LogP contribution >= 0.6 is 12.4 Å². The monoisotopic (exact) mass is 687 g/mol. The van der Waals surface area contributed by atoms with Crippen molar-refractivity contribution in [1.29, 1.82) is 0 Å². The number of fused-ring (bicyclic) bond motifs is 3. The third-order valence-electron chi connectivity index (χ3n) is 10.0. The van der Waals surface area contributed by atoms with E-state index in [-0.39, 0.29) is 53.3 Å². The molecule has 6 atom stereocenters. The van der Waals surface area contributed by atoms with Crippen molar-refractivity contribution in [3.63, 3.8) is 0 Å². The van der Waals surface area contributed by atoms with Crippen molar-refractivity contribution < 1.29 is 49.0 Å². The maximum atomic E-state index is 13.9. The Morgan fingerprint density at radius 2 is 1.71 bits per heavy atom. The Morgan fingerprint density at radius 1 is 1.04 bits per heavy atom. The molecule has 4 aliphatic rings. The average Bonchev–Trinajstić information content (AvgIpc) is 3.03. The van der Waals surface area contributed by atoms with Crippen LogP contribution in [0.5, 0.6) is 17.2 Å². The standard InChI is InChI=1S/C34H41N3O10.ClH/c1-16-29(39)21(35-18(3)37-11-9-36(4)10-12-37)13-24(46-16)47-23-15-34(44,17(2)38)14-20-26(23)33(43)28-27(31(20)41)30(40)19-7-6-8-22(45-5)25(19)32(28)42;/h6-8,16,21,23-24,29,39,41,43-44H,9-15H2,1-5H3;1H/t16?,21-,23-,24?,29?,34?;/m0./s1. The number of piperazine rings is 1. The number of methoxy groups -OCH3 is 1. The zero-order valence-electron chi connectivity index (χ0n) is 27.6.